The molecule has 0 heterocycles. The average molecular weight is 327 g/mol. The lowest BCUT2D eigenvalue weighted by Gasteiger charge is -2.20. The van der Waals surface area contributed by atoms with Crippen LogP contribution in [0.3, 0.4) is 0 Å². The molecule has 0 radical (unpaired) electrons. The highest BCUT2D eigenvalue weighted by Gasteiger charge is 2.28. The second kappa shape index (κ2) is 8.63. The van der Waals surface area contributed by atoms with Gasteiger partial charge in [0.05, 0.1) is 6.04 Å². The van der Waals surface area contributed by atoms with Crippen LogP contribution in [0.4, 0.5) is 0 Å². The van der Waals surface area contributed by atoms with Crippen LogP contribution in [0, 0.1) is 0 Å². The Hall–Kier alpha value is -0.600. The van der Waals surface area contributed by atoms with E-state index in [1.165, 1.54) is 13.8 Å². The number of hydrogen-bond donors (Lipinski definition) is 5. The van der Waals surface area contributed by atoms with Crippen LogP contribution in [-0.2, 0) is 14.2 Å². The number of thioether (sulfide) groups is 1. The molecule has 0 fully saturated rings. The molecule has 0 aliphatic heterocycles. The first-order chi connectivity index (χ1) is 9.09. The van der Waals surface area contributed by atoms with E-state index in [1.807, 2.05) is 6.26 Å². The molecule has 0 aliphatic rings. The van der Waals surface area contributed by atoms with Gasteiger partial charge in [0.25, 0.3) is 0 Å². The molecule has 3 unspecified atom stereocenters. The van der Waals surface area contributed by atoms with Gasteiger partial charge in [0.1, 0.15) is 11.8 Å². The summed E-state index contributed by atoms with van der Waals surface area (Å²) in [5, 5.41) is 4.55. The van der Waals surface area contributed by atoms with Crippen LogP contribution in [0.2, 0.25) is 0 Å². The van der Waals surface area contributed by atoms with E-state index in [4.69, 9.17) is 15.5 Å². The number of hydrogen-bond acceptors (Lipinski definition) is 5. The Kier molecular flexibility index (Phi) is 8.38. The van der Waals surface area contributed by atoms with Gasteiger partial charge in [-0.25, -0.2) is 0 Å². The number of carbonyl (C=O) groups is 2. The second-order valence-electron chi connectivity index (χ2n) is 4.39. The van der Waals surface area contributed by atoms with E-state index in [-0.39, 0.29) is 0 Å². The Morgan fingerprint density at radius 1 is 1.25 bits per heavy atom. The number of rotatable bonds is 8. The number of nitrogens with two attached hydrogens (primary N) is 1. The number of carbonyl (C=O) groups excluding carboxylic acids is 2. The van der Waals surface area contributed by atoms with Crippen molar-refractivity contribution >= 4 is 31.2 Å². The minimum absolute atomic E-state index is 0.467. The smallest absolute Gasteiger partial charge is 0.343 e. The topological polar surface area (TPSA) is 142 Å². The summed E-state index contributed by atoms with van der Waals surface area (Å²) in [6, 6.07) is -1.63. The lowest BCUT2D eigenvalue weighted by atomic mass is 10.2. The first kappa shape index (κ1) is 19.4. The molecule has 0 saturated heterocycles. The minimum Gasteiger partial charge on any atom is -0.343 e. The van der Waals surface area contributed by atoms with Gasteiger partial charge >= 0.3 is 7.60 Å². The van der Waals surface area contributed by atoms with E-state index in [2.05, 4.69) is 10.6 Å². The highest BCUT2D eigenvalue weighted by Crippen LogP contribution is 2.38. The summed E-state index contributed by atoms with van der Waals surface area (Å²) < 4.78 is 10.9. The van der Waals surface area contributed by atoms with E-state index >= 15 is 0 Å². The molecule has 0 aromatic rings. The molecule has 2 amide bonds. The Morgan fingerprint density at radius 3 is 2.25 bits per heavy atom. The molecule has 10 heteroatoms. The van der Waals surface area contributed by atoms with Crippen LogP contribution in [0.25, 0.3) is 0 Å². The van der Waals surface area contributed by atoms with E-state index in [0.717, 1.165) is 5.75 Å². The second-order valence-corrected chi connectivity index (χ2v) is 7.33. The molecule has 118 valence electrons. The zero-order valence-electron chi connectivity index (χ0n) is 11.7. The van der Waals surface area contributed by atoms with Gasteiger partial charge in [0.2, 0.25) is 11.8 Å². The molecule has 0 aromatic heterocycles. The predicted molar refractivity (Wildman–Crippen MR) is 78.2 cm³/mol. The van der Waals surface area contributed by atoms with Gasteiger partial charge in [-0.3, -0.25) is 14.2 Å². The first-order valence-corrected chi connectivity index (χ1v) is 9.07. The predicted octanol–water partition coefficient (Wildman–Crippen LogP) is -0.789. The van der Waals surface area contributed by atoms with Gasteiger partial charge in [0, 0.05) is 0 Å². The van der Waals surface area contributed by atoms with Crippen LogP contribution < -0.4 is 16.4 Å². The van der Waals surface area contributed by atoms with Crippen molar-refractivity contribution in [1.29, 1.82) is 0 Å². The minimum atomic E-state index is -4.39. The summed E-state index contributed by atoms with van der Waals surface area (Å²) in [5.74, 6) is -1.72. The molecule has 0 bridgehead atoms. The van der Waals surface area contributed by atoms with E-state index in [9.17, 15) is 14.2 Å². The number of nitrogens with one attached hydrogen (secondary N) is 2. The van der Waals surface area contributed by atoms with Gasteiger partial charge in [-0.15, -0.1) is 0 Å². The third-order valence-corrected chi connectivity index (χ3v) is 4.36. The van der Waals surface area contributed by atoms with Crippen molar-refractivity contribution in [3.8, 4) is 0 Å². The maximum absolute atomic E-state index is 11.7. The number of amides is 2. The van der Waals surface area contributed by atoms with Crippen LogP contribution >= 0.6 is 19.4 Å². The van der Waals surface area contributed by atoms with Crippen molar-refractivity contribution < 1.29 is 23.9 Å². The largest absolute Gasteiger partial charge is 0.347 e. The van der Waals surface area contributed by atoms with Gasteiger partial charge < -0.3 is 26.2 Å². The SMILES string of the molecule is CSCCC(N)C(=O)NC(C)C(=O)NC(C)P(=O)(O)O. The first-order valence-electron chi connectivity index (χ1n) is 6.00. The average Bonchev–Trinajstić information content (AvgIpc) is 2.34. The van der Waals surface area contributed by atoms with Gasteiger partial charge in [-0.1, -0.05) is 0 Å². The van der Waals surface area contributed by atoms with E-state index in [0.29, 0.717) is 6.42 Å². The molecular formula is C10H22N3O5PS. The van der Waals surface area contributed by atoms with E-state index in [1.54, 1.807) is 11.8 Å². The Labute approximate surface area is 122 Å². The molecule has 0 rings (SSSR count). The van der Waals surface area contributed by atoms with Crippen molar-refractivity contribution in [2.45, 2.75) is 38.1 Å². The lowest BCUT2D eigenvalue weighted by Crippen LogP contribution is -2.51. The summed E-state index contributed by atoms with van der Waals surface area (Å²) in [7, 11) is -4.39. The molecular weight excluding hydrogens is 305 g/mol. The summed E-state index contributed by atoms with van der Waals surface area (Å²) in [5.41, 5.74) is 5.64. The maximum atomic E-state index is 11.7. The van der Waals surface area contributed by atoms with Gasteiger partial charge in [-0.05, 0) is 32.3 Å². The summed E-state index contributed by atoms with van der Waals surface area (Å²) in [6.45, 7) is 2.61. The molecule has 6 N–H and O–H groups in total. The van der Waals surface area contributed by atoms with Crippen molar-refractivity contribution in [2.24, 2.45) is 5.73 Å². The van der Waals surface area contributed by atoms with Crippen LogP contribution in [0.1, 0.15) is 20.3 Å². The molecule has 0 saturated carbocycles. The normalized spacial score (nSPS) is 16.1. The fourth-order valence-corrected chi connectivity index (χ4v) is 1.96. The molecule has 0 aromatic carbocycles. The summed E-state index contributed by atoms with van der Waals surface area (Å²) in [4.78, 5) is 41.1. The highest BCUT2D eigenvalue weighted by atomic mass is 32.2. The van der Waals surface area contributed by atoms with Gasteiger partial charge in [-0.2, -0.15) is 11.8 Å². The zero-order valence-corrected chi connectivity index (χ0v) is 13.4. The Morgan fingerprint density at radius 2 is 1.80 bits per heavy atom. The lowest BCUT2D eigenvalue weighted by molar-refractivity contribution is -0.129. The zero-order chi connectivity index (χ0) is 15.9. The third kappa shape index (κ3) is 7.25. The fraction of sp³-hybridized carbons (Fsp3) is 0.800. The maximum Gasteiger partial charge on any atom is 0.347 e. The Bertz CT molecular complexity index is 389. The van der Waals surface area contributed by atoms with Crippen molar-refractivity contribution in [1.82, 2.24) is 10.6 Å². The van der Waals surface area contributed by atoms with Crippen LogP contribution in [0.5, 0.6) is 0 Å². The molecule has 3 atom stereocenters. The molecule has 0 spiro atoms. The third-order valence-electron chi connectivity index (χ3n) is 2.58. The highest BCUT2D eigenvalue weighted by molar-refractivity contribution is 7.98. The van der Waals surface area contributed by atoms with Crippen LogP contribution in [0.15, 0.2) is 0 Å². The van der Waals surface area contributed by atoms with E-state index < -0.39 is 37.3 Å². The van der Waals surface area contributed by atoms with Crippen LogP contribution in [-0.4, -0.2) is 51.5 Å². The molecule has 8 nitrogen and oxygen atoms in total. The monoisotopic (exact) mass is 327 g/mol. The summed E-state index contributed by atoms with van der Waals surface area (Å²) in [6.07, 6.45) is 2.38. The quantitative estimate of drug-likeness (QED) is 0.368. The molecule has 0 aliphatic carbocycles. The van der Waals surface area contributed by atoms with Gasteiger partial charge in [0.15, 0.2) is 0 Å². The Balaban J connectivity index is 4.32. The van der Waals surface area contributed by atoms with Crippen molar-refractivity contribution in [2.75, 3.05) is 12.0 Å². The summed E-state index contributed by atoms with van der Waals surface area (Å²) >= 11 is 1.56. The standard InChI is InChI=1S/C10H22N3O5PS/c1-6(9(14)13-7(2)19(16,17)18)12-10(15)8(11)4-5-20-3/h6-8H,4-5,11H2,1-3H3,(H,12,15)(H,13,14)(H2,16,17,18). The molecule has 20 heavy (non-hydrogen) atoms. The fourth-order valence-electron chi connectivity index (χ4n) is 1.18. The van der Waals surface area contributed by atoms with Crippen molar-refractivity contribution in [3.05, 3.63) is 0 Å². The van der Waals surface area contributed by atoms with Crippen molar-refractivity contribution in [3.63, 3.8) is 0 Å².